The second-order valence-electron chi connectivity index (χ2n) is 8.77. The Bertz CT molecular complexity index is 1100. The van der Waals surface area contributed by atoms with Crippen LogP contribution in [0.5, 0.6) is 0 Å². The van der Waals surface area contributed by atoms with Crippen LogP contribution in [0, 0.1) is 12.8 Å². The number of piperidine rings is 2. The molecule has 2 aromatic heterocycles. The molecule has 4 heterocycles. The van der Waals surface area contributed by atoms with Gasteiger partial charge in [-0.05, 0) is 63.3 Å². The average Bonchev–Trinajstić information content (AvgIpc) is 3.42. The minimum atomic E-state index is 0.0786. The Morgan fingerprint density at radius 2 is 1.65 bits per heavy atom. The number of amides is 2. The smallest absolute Gasteiger partial charge is 0.263 e. The van der Waals surface area contributed by atoms with Gasteiger partial charge >= 0.3 is 0 Å². The Hall–Kier alpha value is -2.60. The van der Waals surface area contributed by atoms with Crippen LogP contribution >= 0.6 is 11.3 Å². The quantitative estimate of drug-likeness (QED) is 0.589. The monoisotopic (exact) mass is 435 g/mol. The van der Waals surface area contributed by atoms with E-state index in [0.717, 1.165) is 54.2 Å². The molecule has 5 nitrogen and oxygen atoms in total. The Labute approximate surface area is 187 Å². The standard InChI is InChI=1S/C25H29N3O2S/c1-18-17-20-7-3-4-8-21(20)28(18)23-10-9-22(31-23)25(30)27-15-11-19(12-16-27)24(29)26-13-5-2-6-14-26/h3-4,7-10,17,19H,2,5-6,11-16H2,1H3. The molecule has 3 aromatic rings. The van der Waals surface area contributed by atoms with Gasteiger partial charge in [0.15, 0.2) is 0 Å². The van der Waals surface area contributed by atoms with Gasteiger partial charge in [-0.25, -0.2) is 0 Å². The molecule has 2 fully saturated rings. The first-order chi connectivity index (χ1) is 15.1. The number of fused-ring (bicyclic) bond motifs is 1. The van der Waals surface area contributed by atoms with Crippen molar-refractivity contribution in [1.29, 1.82) is 0 Å². The first-order valence-electron chi connectivity index (χ1n) is 11.4. The van der Waals surface area contributed by atoms with E-state index in [4.69, 9.17) is 0 Å². The van der Waals surface area contributed by atoms with Crippen LogP contribution in [-0.4, -0.2) is 52.4 Å². The third-order valence-corrected chi connectivity index (χ3v) is 7.78. The molecule has 0 saturated carbocycles. The Kier molecular flexibility index (Phi) is 5.57. The lowest BCUT2D eigenvalue weighted by Gasteiger charge is -2.35. The van der Waals surface area contributed by atoms with Crippen molar-refractivity contribution in [3.05, 3.63) is 53.0 Å². The van der Waals surface area contributed by atoms with E-state index in [1.54, 1.807) is 11.3 Å². The van der Waals surface area contributed by atoms with E-state index in [1.807, 2.05) is 28.0 Å². The fourth-order valence-electron chi connectivity index (χ4n) is 5.01. The zero-order valence-corrected chi connectivity index (χ0v) is 18.9. The normalized spacial score (nSPS) is 18.0. The molecule has 5 rings (SSSR count). The number of para-hydroxylation sites is 1. The van der Waals surface area contributed by atoms with E-state index in [0.29, 0.717) is 19.0 Å². The summed E-state index contributed by atoms with van der Waals surface area (Å²) in [5, 5.41) is 2.28. The molecule has 2 saturated heterocycles. The number of carbonyl (C=O) groups excluding carboxylic acids is 2. The van der Waals surface area contributed by atoms with Crippen molar-refractivity contribution in [1.82, 2.24) is 14.4 Å². The van der Waals surface area contributed by atoms with Crippen molar-refractivity contribution < 1.29 is 9.59 Å². The van der Waals surface area contributed by atoms with Gasteiger partial charge in [0.1, 0.15) is 5.00 Å². The van der Waals surface area contributed by atoms with Gasteiger partial charge in [-0.1, -0.05) is 18.2 Å². The van der Waals surface area contributed by atoms with Crippen LogP contribution in [0.4, 0.5) is 0 Å². The highest BCUT2D eigenvalue weighted by Crippen LogP contribution is 2.30. The summed E-state index contributed by atoms with van der Waals surface area (Å²) < 4.78 is 2.22. The summed E-state index contributed by atoms with van der Waals surface area (Å²) >= 11 is 1.55. The number of nitrogens with zero attached hydrogens (tertiary/aromatic N) is 3. The van der Waals surface area contributed by atoms with Gasteiger partial charge in [0.25, 0.3) is 5.91 Å². The number of rotatable bonds is 3. The van der Waals surface area contributed by atoms with Crippen molar-refractivity contribution in [2.24, 2.45) is 5.92 Å². The summed E-state index contributed by atoms with van der Waals surface area (Å²) in [6, 6.07) is 14.5. The first-order valence-corrected chi connectivity index (χ1v) is 12.2. The second kappa shape index (κ2) is 8.50. The summed E-state index contributed by atoms with van der Waals surface area (Å²) in [5.74, 6) is 0.476. The molecule has 6 heteroatoms. The molecule has 162 valence electrons. The number of hydrogen-bond acceptors (Lipinski definition) is 3. The number of benzene rings is 1. The average molecular weight is 436 g/mol. The summed E-state index contributed by atoms with van der Waals surface area (Å²) in [4.78, 5) is 30.7. The Morgan fingerprint density at radius 1 is 0.903 bits per heavy atom. The number of likely N-dealkylation sites (tertiary alicyclic amines) is 2. The summed E-state index contributed by atoms with van der Waals surface area (Å²) in [6.07, 6.45) is 5.04. The molecule has 0 N–H and O–H groups in total. The van der Waals surface area contributed by atoms with Crippen molar-refractivity contribution in [3.63, 3.8) is 0 Å². The van der Waals surface area contributed by atoms with Crippen LogP contribution < -0.4 is 0 Å². The topological polar surface area (TPSA) is 45.6 Å². The van der Waals surface area contributed by atoms with E-state index in [1.165, 1.54) is 17.5 Å². The lowest BCUT2D eigenvalue weighted by molar-refractivity contribution is -0.137. The van der Waals surface area contributed by atoms with Crippen molar-refractivity contribution in [3.8, 4) is 5.00 Å². The van der Waals surface area contributed by atoms with Crippen molar-refractivity contribution >= 4 is 34.1 Å². The highest BCUT2D eigenvalue weighted by atomic mass is 32.1. The van der Waals surface area contributed by atoms with Gasteiger partial charge in [-0.3, -0.25) is 9.59 Å². The molecule has 0 unspecified atom stereocenters. The molecule has 1 aromatic carbocycles. The van der Waals surface area contributed by atoms with Crippen LogP contribution in [0.15, 0.2) is 42.5 Å². The lowest BCUT2D eigenvalue weighted by atomic mass is 9.94. The predicted molar refractivity (Wildman–Crippen MR) is 125 cm³/mol. The van der Waals surface area contributed by atoms with Gasteiger partial charge in [-0.2, -0.15) is 0 Å². The van der Waals surface area contributed by atoms with E-state index < -0.39 is 0 Å². The van der Waals surface area contributed by atoms with Gasteiger partial charge in [0.05, 0.1) is 10.4 Å². The van der Waals surface area contributed by atoms with E-state index in [2.05, 4.69) is 35.8 Å². The highest BCUT2D eigenvalue weighted by molar-refractivity contribution is 7.16. The number of hydrogen-bond donors (Lipinski definition) is 0. The second-order valence-corrected chi connectivity index (χ2v) is 9.83. The van der Waals surface area contributed by atoms with Gasteiger partial charge in [-0.15, -0.1) is 11.3 Å². The van der Waals surface area contributed by atoms with Crippen LogP contribution in [0.1, 0.15) is 47.5 Å². The third kappa shape index (κ3) is 3.89. The van der Waals surface area contributed by atoms with Gasteiger partial charge in [0.2, 0.25) is 5.91 Å². The zero-order chi connectivity index (χ0) is 21.4. The summed E-state index contributed by atoms with van der Waals surface area (Å²) in [5.41, 5.74) is 2.33. The molecular weight excluding hydrogens is 406 g/mol. The Balaban J connectivity index is 1.26. The molecule has 0 atom stereocenters. The molecule has 2 aliphatic heterocycles. The zero-order valence-electron chi connectivity index (χ0n) is 18.0. The van der Waals surface area contributed by atoms with Crippen LogP contribution in [0.3, 0.4) is 0 Å². The molecule has 0 aliphatic carbocycles. The largest absolute Gasteiger partial charge is 0.342 e. The van der Waals surface area contributed by atoms with Crippen LogP contribution in [0.25, 0.3) is 15.9 Å². The molecule has 0 spiro atoms. The predicted octanol–water partition coefficient (Wildman–Crippen LogP) is 4.87. The SMILES string of the molecule is Cc1cc2ccccc2n1-c1ccc(C(=O)N2CCC(C(=O)N3CCCCC3)CC2)s1. The fourth-order valence-corrected chi connectivity index (χ4v) is 6.05. The minimum Gasteiger partial charge on any atom is -0.342 e. The number of aryl methyl sites for hydroxylation is 1. The summed E-state index contributed by atoms with van der Waals surface area (Å²) in [7, 11) is 0. The maximum atomic E-state index is 13.1. The van der Waals surface area contributed by atoms with Gasteiger partial charge < -0.3 is 14.4 Å². The number of aromatic nitrogens is 1. The fraction of sp³-hybridized carbons (Fsp3) is 0.440. The molecule has 0 bridgehead atoms. The highest BCUT2D eigenvalue weighted by Gasteiger charge is 2.31. The molecule has 31 heavy (non-hydrogen) atoms. The first kappa shape index (κ1) is 20.3. The van der Waals surface area contributed by atoms with Gasteiger partial charge in [0, 0.05) is 43.2 Å². The minimum absolute atomic E-state index is 0.0786. The van der Waals surface area contributed by atoms with Crippen molar-refractivity contribution in [2.45, 2.75) is 39.0 Å². The van der Waals surface area contributed by atoms with Crippen LogP contribution in [0.2, 0.25) is 0 Å². The van der Waals surface area contributed by atoms with E-state index in [-0.39, 0.29) is 11.8 Å². The molecule has 2 amide bonds. The molecular formula is C25H29N3O2S. The number of thiophene rings is 1. The Morgan fingerprint density at radius 3 is 2.42 bits per heavy atom. The lowest BCUT2D eigenvalue weighted by Crippen LogP contribution is -2.45. The van der Waals surface area contributed by atoms with Crippen molar-refractivity contribution in [2.75, 3.05) is 26.2 Å². The maximum Gasteiger partial charge on any atom is 0.263 e. The molecule has 0 radical (unpaired) electrons. The number of carbonyl (C=O) groups is 2. The van der Waals surface area contributed by atoms with E-state index >= 15 is 0 Å². The molecule has 2 aliphatic rings. The van der Waals surface area contributed by atoms with Crippen LogP contribution in [-0.2, 0) is 4.79 Å². The maximum absolute atomic E-state index is 13.1. The van der Waals surface area contributed by atoms with E-state index in [9.17, 15) is 9.59 Å². The third-order valence-electron chi connectivity index (χ3n) is 6.72. The summed E-state index contributed by atoms with van der Waals surface area (Å²) in [6.45, 7) is 5.25.